The summed E-state index contributed by atoms with van der Waals surface area (Å²) in [5, 5.41) is 0. The summed E-state index contributed by atoms with van der Waals surface area (Å²) in [6, 6.07) is 13.3. The number of ether oxygens (including phenoxy) is 1. The molecule has 2 aromatic rings. The van der Waals surface area contributed by atoms with Crippen LogP contribution >= 0.6 is 0 Å². The maximum Gasteiger partial charge on any atom is 0.310 e. The number of rotatable bonds is 5. The average Bonchev–Trinajstić information content (AvgIpc) is 3.02. The lowest BCUT2D eigenvalue weighted by Crippen LogP contribution is -2.25. The highest BCUT2D eigenvalue weighted by atomic mass is 19.1. The highest BCUT2D eigenvalue weighted by Crippen LogP contribution is 2.36. The molecule has 5 heteroatoms. The molecule has 2 aromatic carbocycles. The molecule has 1 fully saturated rings. The van der Waals surface area contributed by atoms with Crippen molar-refractivity contribution in [3.8, 4) is 0 Å². The minimum Gasteiger partial charge on any atom is -0.466 e. The number of carbonyl (C=O) groups excluding carboxylic acids is 1. The predicted octanol–water partition coefficient (Wildman–Crippen LogP) is 3.74. The zero-order valence-corrected chi connectivity index (χ0v) is 14.1. The summed E-state index contributed by atoms with van der Waals surface area (Å²) in [7, 11) is 0. The molecule has 2 atom stereocenters. The Morgan fingerprint density at radius 2 is 1.92 bits per heavy atom. The van der Waals surface area contributed by atoms with Crippen molar-refractivity contribution in [2.24, 2.45) is 5.92 Å². The van der Waals surface area contributed by atoms with Gasteiger partial charge in [0.2, 0.25) is 0 Å². The number of benzene rings is 2. The maximum atomic E-state index is 14.3. The van der Waals surface area contributed by atoms with Crippen molar-refractivity contribution in [1.29, 1.82) is 0 Å². The molecule has 0 aromatic heterocycles. The van der Waals surface area contributed by atoms with Crippen molar-refractivity contribution in [3.63, 3.8) is 0 Å². The Morgan fingerprint density at radius 3 is 2.64 bits per heavy atom. The van der Waals surface area contributed by atoms with E-state index in [1.165, 1.54) is 6.07 Å². The lowest BCUT2D eigenvalue weighted by Gasteiger charge is -2.18. The van der Waals surface area contributed by atoms with Gasteiger partial charge in [-0.2, -0.15) is 0 Å². The van der Waals surface area contributed by atoms with Crippen LogP contribution in [-0.4, -0.2) is 30.6 Å². The Labute approximate surface area is 146 Å². The van der Waals surface area contributed by atoms with Crippen LogP contribution in [0.1, 0.15) is 24.0 Å². The van der Waals surface area contributed by atoms with Crippen LogP contribution in [0.3, 0.4) is 0 Å². The summed E-state index contributed by atoms with van der Waals surface area (Å²) >= 11 is 0. The van der Waals surface area contributed by atoms with E-state index in [0.29, 0.717) is 19.6 Å². The number of hydrogen-bond acceptors (Lipinski definition) is 3. The van der Waals surface area contributed by atoms with Gasteiger partial charge >= 0.3 is 5.97 Å². The zero-order chi connectivity index (χ0) is 17.8. The van der Waals surface area contributed by atoms with Gasteiger partial charge in [0.05, 0.1) is 12.5 Å². The molecule has 0 aliphatic carbocycles. The van der Waals surface area contributed by atoms with E-state index >= 15 is 0 Å². The molecular formula is C20H21F2NO2. The Morgan fingerprint density at radius 1 is 1.16 bits per heavy atom. The maximum absolute atomic E-state index is 14.3. The van der Waals surface area contributed by atoms with E-state index < -0.39 is 23.5 Å². The third-order valence-electron chi connectivity index (χ3n) is 4.59. The molecule has 1 saturated heterocycles. The quantitative estimate of drug-likeness (QED) is 0.773. The van der Waals surface area contributed by atoms with E-state index in [0.717, 1.165) is 17.7 Å². The van der Waals surface area contributed by atoms with E-state index in [9.17, 15) is 13.6 Å². The van der Waals surface area contributed by atoms with Gasteiger partial charge in [-0.15, -0.1) is 0 Å². The van der Waals surface area contributed by atoms with Gasteiger partial charge in [0.25, 0.3) is 0 Å². The van der Waals surface area contributed by atoms with E-state index in [4.69, 9.17) is 4.74 Å². The van der Waals surface area contributed by atoms with Gasteiger partial charge in [0.1, 0.15) is 11.6 Å². The summed E-state index contributed by atoms with van der Waals surface area (Å²) < 4.78 is 33.0. The van der Waals surface area contributed by atoms with Crippen molar-refractivity contribution in [1.82, 2.24) is 4.90 Å². The standard InChI is InChI=1S/C20H21F2NO2/c1-2-25-20(24)18-13-23(11-14-6-4-3-5-7-14)12-17(18)16-10-15(21)8-9-19(16)22/h3-10,17-18H,2,11-13H2,1H3/t17-,18-/m0/s1. The first-order valence-corrected chi connectivity index (χ1v) is 8.46. The number of carbonyl (C=O) groups is 1. The highest BCUT2D eigenvalue weighted by Gasteiger charge is 2.40. The van der Waals surface area contributed by atoms with Crippen molar-refractivity contribution in [2.45, 2.75) is 19.4 Å². The third kappa shape index (κ3) is 4.04. The Balaban J connectivity index is 1.85. The molecule has 3 nitrogen and oxygen atoms in total. The summed E-state index contributed by atoms with van der Waals surface area (Å²) in [5.41, 5.74) is 1.36. The fraction of sp³-hybridized carbons (Fsp3) is 0.350. The Bertz CT molecular complexity index is 736. The first-order valence-electron chi connectivity index (χ1n) is 8.46. The molecule has 0 unspecified atom stereocenters. The molecule has 0 radical (unpaired) electrons. The fourth-order valence-corrected chi connectivity index (χ4v) is 3.46. The van der Waals surface area contributed by atoms with Gasteiger partial charge in [-0.25, -0.2) is 8.78 Å². The van der Waals surface area contributed by atoms with Crippen LogP contribution in [0.2, 0.25) is 0 Å². The minimum atomic E-state index is -0.500. The van der Waals surface area contributed by atoms with Gasteiger partial charge in [-0.3, -0.25) is 9.69 Å². The molecule has 1 heterocycles. The van der Waals surface area contributed by atoms with E-state index in [-0.39, 0.29) is 18.1 Å². The molecule has 0 bridgehead atoms. The molecule has 1 aliphatic heterocycles. The fourth-order valence-electron chi connectivity index (χ4n) is 3.46. The molecule has 0 N–H and O–H groups in total. The molecular weight excluding hydrogens is 324 g/mol. The Hall–Kier alpha value is -2.27. The summed E-state index contributed by atoms with van der Waals surface area (Å²) in [4.78, 5) is 14.4. The van der Waals surface area contributed by atoms with Crippen LogP contribution in [0.5, 0.6) is 0 Å². The summed E-state index contributed by atoms with van der Waals surface area (Å²) in [5.74, 6) is -2.26. The van der Waals surface area contributed by atoms with Gasteiger partial charge in [-0.1, -0.05) is 30.3 Å². The highest BCUT2D eigenvalue weighted by molar-refractivity contribution is 5.74. The van der Waals surface area contributed by atoms with Crippen molar-refractivity contribution < 1.29 is 18.3 Å². The molecule has 132 valence electrons. The van der Waals surface area contributed by atoms with Gasteiger partial charge in [0.15, 0.2) is 0 Å². The normalized spacial score (nSPS) is 20.6. The topological polar surface area (TPSA) is 29.5 Å². The van der Waals surface area contributed by atoms with Crippen LogP contribution < -0.4 is 0 Å². The number of hydrogen-bond donors (Lipinski definition) is 0. The molecule has 0 amide bonds. The van der Waals surface area contributed by atoms with Crippen molar-refractivity contribution in [3.05, 3.63) is 71.3 Å². The van der Waals surface area contributed by atoms with Crippen LogP contribution in [0.4, 0.5) is 8.78 Å². The smallest absolute Gasteiger partial charge is 0.310 e. The number of likely N-dealkylation sites (tertiary alicyclic amines) is 1. The summed E-state index contributed by atoms with van der Waals surface area (Å²) in [6.45, 7) is 3.62. The average molecular weight is 345 g/mol. The van der Waals surface area contributed by atoms with Gasteiger partial charge < -0.3 is 4.74 Å². The van der Waals surface area contributed by atoms with Crippen LogP contribution in [0.25, 0.3) is 0 Å². The largest absolute Gasteiger partial charge is 0.466 e. The van der Waals surface area contributed by atoms with Crippen molar-refractivity contribution >= 4 is 5.97 Å². The minimum absolute atomic E-state index is 0.244. The predicted molar refractivity (Wildman–Crippen MR) is 90.9 cm³/mol. The zero-order valence-electron chi connectivity index (χ0n) is 14.1. The molecule has 1 aliphatic rings. The van der Waals surface area contributed by atoms with E-state index in [1.807, 2.05) is 30.3 Å². The lowest BCUT2D eigenvalue weighted by molar-refractivity contribution is -0.148. The van der Waals surface area contributed by atoms with E-state index in [1.54, 1.807) is 6.92 Å². The first-order chi connectivity index (χ1) is 12.1. The van der Waals surface area contributed by atoms with Gasteiger partial charge in [0, 0.05) is 25.6 Å². The second-order valence-corrected chi connectivity index (χ2v) is 6.31. The van der Waals surface area contributed by atoms with Gasteiger partial charge in [-0.05, 0) is 36.2 Å². The molecule has 3 rings (SSSR count). The molecule has 0 spiro atoms. The second-order valence-electron chi connectivity index (χ2n) is 6.31. The molecule has 25 heavy (non-hydrogen) atoms. The number of halogens is 2. The monoisotopic (exact) mass is 345 g/mol. The Kier molecular flexibility index (Phi) is 5.43. The van der Waals surface area contributed by atoms with Crippen LogP contribution in [0, 0.1) is 17.6 Å². The van der Waals surface area contributed by atoms with Crippen LogP contribution in [-0.2, 0) is 16.1 Å². The SMILES string of the molecule is CCOC(=O)[C@H]1CN(Cc2ccccc2)C[C@H]1c1cc(F)ccc1F. The first kappa shape index (κ1) is 17.5. The molecule has 0 saturated carbocycles. The van der Waals surface area contributed by atoms with Crippen LogP contribution in [0.15, 0.2) is 48.5 Å². The third-order valence-corrected chi connectivity index (χ3v) is 4.59. The van der Waals surface area contributed by atoms with E-state index in [2.05, 4.69) is 4.90 Å². The second kappa shape index (κ2) is 7.74. The summed E-state index contributed by atoms with van der Waals surface area (Å²) in [6.07, 6.45) is 0. The lowest BCUT2D eigenvalue weighted by atomic mass is 9.88. The number of nitrogens with zero attached hydrogens (tertiary/aromatic N) is 1. The number of esters is 1. The van der Waals surface area contributed by atoms with Crippen molar-refractivity contribution in [2.75, 3.05) is 19.7 Å².